The van der Waals surface area contributed by atoms with Gasteiger partial charge in [0.05, 0.1) is 22.4 Å². The predicted molar refractivity (Wildman–Crippen MR) is 393 cm³/mol. The Balaban J connectivity index is 0.779. The van der Waals surface area contributed by atoms with Crippen LogP contribution in [0.15, 0.2) is 306 Å². The number of rotatable bonds is 11. The number of para-hydroxylation sites is 1. The van der Waals surface area contributed by atoms with Crippen molar-refractivity contribution >= 4 is 84.9 Å². The third-order valence-corrected chi connectivity index (χ3v) is 18.6. The zero-order chi connectivity index (χ0) is 62.8. The summed E-state index contributed by atoms with van der Waals surface area (Å²) < 4.78 is 13.3. The first-order valence-electron chi connectivity index (χ1n) is 31.5. The molecule has 0 saturated carbocycles. The number of thiol groups is 1. The second kappa shape index (κ2) is 23.2. The van der Waals surface area contributed by atoms with Crippen molar-refractivity contribution in [1.29, 1.82) is 5.41 Å². The van der Waals surface area contributed by atoms with E-state index in [1.54, 1.807) is 0 Å². The monoisotopic (exact) mass is 1200 g/mol. The number of allylic oxidation sites excluding steroid dienone is 4. The number of nitrogens with zero attached hydrogens (tertiary/aromatic N) is 3. The lowest BCUT2D eigenvalue weighted by Gasteiger charge is -2.31. The molecule has 2 aromatic heterocycles. The van der Waals surface area contributed by atoms with Crippen LogP contribution >= 0.6 is 12.8 Å². The number of furan rings is 1. The largest absolute Gasteiger partial charge is 0.456 e. The molecule has 0 unspecified atom stereocenters. The summed E-state index contributed by atoms with van der Waals surface area (Å²) in [5.41, 5.74) is 26.6. The van der Waals surface area contributed by atoms with Gasteiger partial charge < -0.3 is 13.9 Å². The van der Waals surface area contributed by atoms with Gasteiger partial charge in [-0.3, -0.25) is 5.41 Å². The summed E-state index contributed by atoms with van der Waals surface area (Å²) in [5.74, 6) is 0. The molecule has 0 aliphatic heterocycles. The van der Waals surface area contributed by atoms with E-state index in [0.29, 0.717) is 5.71 Å². The van der Waals surface area contributed by atoms with E-state index in [9.17, 15) is 5.41 Å². The molecule has 1 aliphatic carbocycles. The van der Waals surface area contributed by atoms with Crippen LogP contribution in [0, 0.1) is 5.41 Å². The summed E-state index contributed by atoms with van der Waals surface area (Å²) >= 11 is 4.62. The fourth-order valence-corrected chi connectivity index (χ4v) is 13.4. The highest BCUT2D eigenvalue weighted by Crippen LogP contribution is 2.42. The van der Waals surface area contributed by atoms with Crippen molar-refractivity contribution in [3.8, 4) is 72.4 Å². The average Bonchev–Trinajstić information content (AvgIpc) is 1.59. The number of fused-ring (bicyclic) bond motifs is 6. The smallest absolute Gasteiger partial charge is 0.136 e. The van der Waals surface area contributed by atoms with Gasteiger partial charge in [-0.25, -0.2) is 4.40 Å². The van der Waals surface area contributed by atoms with Gasteiger partial charge in [-0.1, -0.05) is 242 Å². The Hall–Kier alpha value is -10.8. The third-order valence-electron chi connectivity index (χ3n) is 18.4. The molecule has 92 heavy (non-hydrogen) atoms. The standard InChI is InChI=1S/C86H68N4OS/c1-85(2,3)68-37-24-58(25-38-68)56-16-20-61(21-17-56)65-35-49-78-76(52-65)77-53-66(62-22-18-57(19-23-62)59-26-39-69(40-27-59)86(4,5)6)36-50-79(77)90(78)72-45-32-64(33-46-72)73-48-51-80(84(88-92)83(73)87)89(70-41-28-60(29-42-70)55-12-8-7-9-13-55)71-43-30-63(31-44-71)67-34-47-75-74-14-10-11-15-81(74)91-82(75)54-67/h7-54,87,92H,1-6H3. The molecule has 0 saturated heterocycles. The van der Waals surface area contributed by atoms with Gasteiger partial charge in [0.1, 0.15) is 16.9 Å². The molecule has 0 bridgehead atoms. The molecule has 2 heterocycles. The van der Waals surface area contributed by atoms with Crippen LogP contribution in [0.5, 0.6) is 0 Å². The van der Waals surface area contributed by atoms with Crippen LogP contribution in [0.2, 0.25) is 0 Å². The molecule has 14 aromatic rings. The maximum atomic E-state index is 9.92. The zero-order valence-electron chi connectivity index (χ0n) is 52.4. The van der Waals surface area contributed by atoms with E-state index >= 15 is 0 Å². The minimum Gasteiger partial charge on any atom is -0.456 e. The Kier molecular flexibility index (Phi) is 14.5. The van der Waals surface area contributed by atoms with Crippen molar-refractivity contribution in [2.45, 2.75) is 52.4 Å². The lowest BCUT2D eigenvalue weighted by molar-refractivity contribution is 0.590. The van der Waals surface area contributed by atoms with E-state index in [-0.39, 0.29) is 16.5 Å². The van der Waals surface area contributed by atoms with E-state index in [2.05, 4.69) is 329 Å². The second-order valence-corrected chi connectivity index (χ2v) is 26.4. The summed E-state index contributed by atoms with van der Waals surface area (Å²) in [7, 11) is 0. The Bertz CT molecular complexity index is 5070. The highest BCUT2D eigenvalue weighted by Gasteiger charge is 2.28. The number of hydrogen-bond acceptors (Lipinski definition) is 5. The first kappa shape index (κ1) is 57.6. The molecular weight excluding hydrogens is 1140 g/mol. The summed E-state index contributed by atoms with van der Waals surface area (Å²) in [5, 5.41) is 14.5. The van der Waals surface area contributed by atoms with E-state index in [4.69, 9.17) is 4.42 Å². The quantitative estimate of drug-likeness (QED) is 0.100. The molecule has 0 fully saturated rings. The first-order valence-corrected chi connectivity index (χ1v) is 31.9. The Morgan fingerprint density at radius 3 is 1.22 bits per heavy atom. The summed E-state index contributed by atoms with van der Waals surface area (Å²) in [6, 6.07) is 100. The molecule has 6 heteroatoms. The summed E-state index contributed by atoms with van der Waals surface area (Å²) in [4.78, 5) is 2.17. The van der Waals surface area contributed by atoms with E-state index in [1.165, 1.54) is 44.2 Å². The van der Waals surface area contributed by atoms with Gasteiger partial charge in [-0.2, -0.15) is 0 Å². The molecule has 5 nitrogen and oxygen atoms in total. The highest BCUT2D eigenvalue weighted by atomic mass is 32.1. The van der Waals surface area contributed by atoms with Crippen molar-refractivity contribution in [3.63, 3.8) is 0 Å². The number of nitrogens with one attached hydrogen (secondary N) is 1. The Morgan fingerprint density at radius 2 is 0.739 bits per heavy atom. The molecule has 0 amide bonds. The predicted octanol–water partition coefficient (Wildman–Crippen LogP) is 23.7. The van der Waals surface area contributed by atoms with Gasteiger partial charge in [0, 0.05) is 44.2 Å². The number of benzene rings is 12. The van der Waals surface area contributed by atoms with Crippen LogP contribution in [-0.2, 0) is 10.8 Å². The summed E-state index contributed by atoms with van der Waals surface area (Å²) in [6.45, 7) is 13.5. The van der Waals surface area contributed by atoms with Crippen molar-refractivity contribution in [3.05, 3.63) is 314 Å². The molecule has 0 radical (unpaired) electrons. The molecule has 1 aliphatic rings. The first-order chi connectivity index (χ1) is 44.7. The molecular formula is C86H68N4OS. The van der Waals surface area contributed by atoms with Crippen LogP contribution in [0.4, 0.5) is 11.4 Å². The van der Waals surface area contributed by atoms with Gasteiger partial charge in [-0.15, -0.1) is 0 Å². The molecule has 0 spiro atoms. The maximum Gasteiger partial charge on any atom is 0.136 e. The van der Waals surface area contributed by atoms with Crippen molar-refractivity contribution < 1.29 is 4.42 Å². The number of anilines is 2. The van der Waals surface area contributed by atoms with Crippen molar-refractivity contribution in [2.24, 2.45) is 4.40 Å². The SMILES string of the molecule is CC(C)(C)c1ccc(-c2ccc(-c3ccc4c(c3)c3cc(-c5ccc(-c6ccc(C(C)(C)C)cc6)cc5)ccc3n4-c3ccc(C4=CC=C(N(c5ccc(-c6ccccc6)cc5)c5ccc(-c6ccc7c(c6)oc6ccccc67)cc5)C(=NS)C4=N)cc3)cc2)cc1. The molecule has 1 N–H and O–H groups in total. The van der Waals surface area contributed by atoms with E-state index < -0.39 is 0 Å². The van der Waals surface area contributed by atoms with Crippen LogP contribution in [-0.4, -0.2) is 16.0 Å². The van der Waals surface area contributed by atoms with Gasteiger partial charge in [0.15, 0.2) is 0 Å². The van der Waals surface area contributed by atoms with Crippen molar-refractivity contribution in [2.75, 3.05) is 4.90 Å². The molecule has 444 valence electrons. The highest BCUT2D eigenvalue weighted by molar-refractivity contribution is 7.79. The normalized spacial score (nSPS) is 13.3. The third kappa shape index (κ3) is 10.8. The molecule has 15 rings (SSSR count). The Morgan fingerprint density at radius 1 is 0.359 bits per heavy atom. The van der Waals surface area contributed by atoms with Crippen molar-refractivity contribution in [1.82, 2.24) is 4.57 Å². The number of aromatic nitrogens is 1. The van der Waals surface area contributed by atoms with Crippen LogP contribution in [0.25, 0.3) is 122 Å². The van der Waals surface area contributed by atoms with Gasteiger partial charge in [0.2, 0.25) is 0 Å². The molecule has 0 atom stereocenters. The van der Waals surface area contributed by atoms with Gasteiger partial charge in [0.25, 0.3) is 0 Å². The maximum absolute atomic E-state index is 9.92. The fourth-order valence-electron chi connectivity index (χ4n) is 13.2. The second-order valence-electron chi connectivity index (χ2n) is 26.2. The van der Waals surface area contributed by atoms with Crippen LogP contribution < -0.4 is 4.90 Å². The van der Waals surface area contributed by atoms with Gasteiger partial charge >= 0.3 is 0 Å². The average molecular weight is 1210 g/mol. The lowest BCUT2D eigenvalue weighted by atomic mass is 9.86. The minimum absolute atomic E-state index is 0.0980. The zero-order valence-corrected chi connectivity index (χ0v) is 53.3. The van der Waals surface area contributed by atoms with Crippen LogP contribution in [0.3, 0.4) is 0 Å². The number of hydrogen-bond donors (Lipinski definition) is 2. The topological polar surface area (TPSA) is 57.5 Å². The van der Waals surface area contributed by atoms with Gasteiger partial charge in [-0.05, 0) is 198 Å². The van der Waals surface area contributed by atoms with E-state index in [1.807, 2.05) is 30.3 Å². The fraction of sp³-hybridized carbons (Fsp3) is 0.0930. The Labute approximate surface area is 543 Å². The summed E-state index contributed by atoms with van der Waals surface area (Å²) in [6.07, 6.45) is 4.12. The van der Waals surface area contributed by atoms with E-state index in [0.717, 1.165) is 111 Å². The molecule has 12 aromatic carbocycles. The minimum atomic E-state index is 0.0980. The lowest BCUT2D eigenvalue weighted by Crippen LogP contribution is -2.30. The van der Waals surface area contributed by atoms with Crippen LogP contribution in [0.1, 0.15) is 58.2 Å².